The molecule has 0 bridgehead atoms. The average molecular weight is 376 g/mol. The maximum absolute atomic E-state index is 12.6. The highest BCUT2D eigenvalue weighted by molar-refractivity contribution is 5.61. The number of pyridine rings is 1. The molecule has 0 radical (unpaired) electrons. The predicted molar refractivity (Wildman–Crippen MR) is 104 cm³/mol. The quantitative estimate of drug-likeness (QED) is 0.424. The van der Waals surface area contributed by atoms with Crippen LogP contribution < -0.4 is 10.9 Å². The lowest BCUT2D eigenvalue weighted by Crippen LogP contribution is -2.22. The summed E-state index contributed by atoms with van der Waals surface area (Å²) in [7, 11) is 0. The molecule has 3 heterocycles. The van der Waals surface area contributed by atoms with Gasteiger partial charge in [-0.1, -0.05) is 24.3 Å². The number of benzene rings is 1. The van der Waals surface area contributed by atoms with Crippen molar-refractivity contribution in [2.75, 3.05) is 5.32 Å². The van der Waals surface area contributed by atoms with Gasteiger partial charge in [-0.15, -0.1) is 0 Å². The highest BCUT2D eigenvalue weighted by Crippen LogP contribution is 2.27. The second kappa shape index (κ2) is 6.95. The number of nitrogens with one attached hydrogen (secondary N) is 1. The van der Waals surface area contributed by atoms with E-state index in [9.17, 15) is 14.9 Å². The van der Waals surface area contributed by atoms with Gasteiger partial charge in [-0.3, -0.25) is 19.3 Å². The van der Waals surface area contributed by atoms with Gasteiger partial charge in [0.2, 0.25) is 5.82 Å². The molecule has 1 unspecified atom stereocenters. The van der Waals surface area contributed by atoms with Gasteiger partial charge in [-0.25, -0.2) is 9.67 Å². The molecular weight excluding hydrogens is 360 g/mol. The number of hydrogen-bond acceptors (Lipinski definition) is 6. The molecule has 0 aliphatic heterocycles. The number of fused-ring (bicyclic) bond motifs is 1. The maximum atomic E-state index is 12.6. The monoisotopic (exact) mass is 376 g/mol. The van der Waals surface area contributed by atoms with Crippen LogP contribution in [0.1, 0.15) is 18.5 Å². The zero-order valence-electron chi connectivity index (χ0n) is 14.9. The zero-order chi connectivity index (χ0) is 19.7. The lowest BCUT2D eigenvalue weighted by molar-refractivity contribution is -0.385. The average Bonchev–Trinajstić information content (AvgIpc) is 3.22. The largest absolute Gasteiger partial charge is 0.376 e. The Morgan fingerprint density at radius 3 is 2.64 bits per heavy atom. The fraction of sp³-hybridized carbons (Fsp3) is 0.105. The molecule has 4 rings (SSSR count). The first-order chi connectivity index (χ1) is 13.6. The van der Waals surface area contributed by atoms with E-state index in [4.69, 9.17) is 0 Å². The molecule has 3 aromatic heterocycles. The van der Waals surface area contributed by atoms with Crippen LogP contribution in [0.5, 0.6) is 0 Å². The number of rotatable bonds is 5. The summed E-state index contributed by atoms with van der Waals surface area (Å²) in [5.74, 6) is -0.0658. The van der Waals surface area contributed by atoms with E-state index < -0.39 is 16.2 Å². The highest BCUT2D eigenvalue weighted by Gasteiger charge is 2.25. The summed E-state index contributed by atoms with van der Waals surface area (Å²) < 4.78 is 2.87. The van der Waals surface area contributed by atoms with E-state index >= 15 is 0 Å². The standard InChI is InChI=1S/C19H16N6O3/c1-13(14-7-2-3-8-15(14)24-12-6-10-20-24)21-18-17(25(27)28)19(26)23-11-5-4-9-16(23)22-18/h2-13,21H,1H3. The Morgan fingerprint density at radius 2 is 1.89 bits per heavy atom. The minimum absolute atomic E-state index is 0.0658. The first-order valence-corrected chi connectivity index (χ1v) is 8.57. The first-order valence-electron chi connectivity index (χ1n) is 8.57. The van der Waals surface area contributed by atoms with Crippen molar-refractivity contribution in [3.8, 4) is 5.69 Å². The molecule has 0 amide bonds. The van der Waals surface area contributed by atoms with Gasteiger partial charge in [0.15, 0.2) is 0 Å². The SMILES string of the molecule is CC(Nc1nc2ccccn2c(=O)c1[N+](=O)[O-])c1ccccc1-n1cccn1. The topological polar surface area (TPSA) is 107 Å². The van der Waals surface area contributed by atoms with E-state index in [0.717, 1.165) is 15.7 Å². The van der Waals surface area contributed by atoms with Crippen molar-refractivity contribution in [1.29, 1.82) is 0 Å². The van der Waals surface area contributed by atoms with Crippen LogP contribution >= 0.6 is 0 Å². The molecule has 0 saturated heterocycles. The van der Waals surface area contributed by atoms with Gasteiger partial charge in [0.25, 0.3) is 0 Å². The van der Waals surface area contributed by atoms with E-state index in [2.05, 4.69) is 15.4 Å². The van der Waals surface area contributed by atoms with Crippen LogP contribution in [0.25, 0.3) is 11.3 Å². The van der Waals surface area contributed by atoms with E-state index in [1.54, 1.807) is 29.1 Å². The minimum atomic E-state index is -0.731. The fourth-order valence-corrected chi connectivity index (χ4v) is 3.10. The number of aromatic nitrogens is 4. The molecule has 0 saturated carbocycles. The Hall–Kier alpha value is -4.01. The summed E-state index contributed by atoms with van der Waals surface area (Å²) in [6.07, 6.45) is 4.94. The van der Waals surface area contributed by atoms with E-state index in [-0.39, 0.29) is 11.9 Å². The molecule has 4 aromatic rings. The third kappa shape index (κ3) is 2.98. The summed E-state index contributed by atoms with van der Waals surface area (Å²) >= 11 is 0. The molecule has 0 aliphatic rings. The van der Waals surface area contributed by atoms with Gasteiger partial charge < -0.3 is 5.32 Å². The number of anilines is 1. The van der Waals surface area contributed by atoms with E-state index in [1.165, 1.54) is 6.20 Å². The number of para-hydroxylation sites is 1. The molecule has 28 heavy (non-hydrogen) atoms. The van der Waals surface area contributed by atoms with Crippen LogP contribution in [-0.4, -0.2) is 24.1 Å². The minimum Gasteiger partial charge on any atom is -0.357 e. The Bertz CT molecular complexity index is 1220. The second-order valence-corrected chi connectivity index (χ2v) is 6.18. The van der Waals surface area contributed by atoms with Gasteiger partial charge >= 0.3 is 11.2 Å². The van der Waals surface area contributed by atoms with Gasteiger partial charge in [0, 0.05) is 18.6 Å². The number of hydrogen-bond donors (Lipinski definition) is 1. The lowest BCUT2D eigenvalue weighted by atomic mass is 10.1. The molecule has 0 fully saturated rings. The third-order valence-corrected chi connectivity index (χ3v) is 4.40. The van der Waals surface area contributed by atoms with Crippen LogP contribution in [-0.2, 0) is 0 Å². The van der Waals surface area contributed by atoms with Crippen molar-refractivity contribution in [3.63, 3.8) is 0 Å². The van der Waals surface area contributed by atoms with Crippen LogP contribution in [0.15, 0.2) is 71.9 Å². The Morgan fingerprint density at radius 1 is 1.11 bits per heavy atom. The first kappa shape index (κ1) is 17.4. The van der Waals surface area contributed by atoms with E-state index in [1.807, 2.05) is 43.5 Å². The lowest BCUT2D eigenvalue weighted by Gasteiger charge is -2.18. The molecule has 9 nitrogen and oxygen atoms in total. The van der Waals surface area contributed by atoms with Gasteiger partial charge in [-0.2, -0.15) is 5.10 Å². The maximum Gasteiger partial charge on any atom is 0.376 e. The van der Waals surface area contributed by atoms with Crippen molar-refractivity contribution >= 4 is 17.2 Å². The summed E-state index contributed by atoms with van der Waals surface area (Å²) in [6, 6.07) is 14.0. The second-order valence-electron chi connectivity index (χ2n) is 6.18. The van der Waals surface area contributed by atoms with Crippen LogP contribution in [0.4, 0.5) is 11.5 Å². The normalized spacial score (nSPS) is 12.0. The van der Waals surface area contributed by atoms with Gasteiger partial charge in [0.1, 0.15) is 5.65 Å². The smallest absolute Gasteiger partial charge is 0.357 e. The third-order valence-electron chi connectivity index (χ3n) is 4.40. The van der Waals surface area contributed by atoms with Crippen LogP contribution in [0, 0.1) is 10.1 Å². The predicted octanol–water partition coefficient (Wildman–Crippen LogP) is 2.96. The molecule has 1 aromatic carbocycles. The Labute approximate surface area is 159 Å². The highest BCUT2D eigenvalue weighted by atomic mass is 16.6. The molecular formula is C19H16N6O3. The van der Waals surface area contributed by atoms with Crippen molar-refractivity contribution in [2.45, 2.75) is 13.0 Å². The molecule has 140 valence electrons. The van der Waals surface area contributed by atoms with Gasteiger partial charge in [-0.05, 0) is 36.8 Å². The van der Waals surface area contributed by atoms with Crippen LogP contribution in [0.2, 0.25) is 0 Å². The fourth-order valence-electron chi connectivity index (χ4n) is 3.10. The molecule has 0 spiro atoms. The molecule has 1 N–H and O–H groups in total. The molecule has 0 aliphatic carbocycles. The number of nitrogens with zero attached hydrogens (tertiary/aromatic N) is 5. The van der Waals surface area contributed by atoms with Crippen molar-refractivity contribution in [2.24, 2.45) is 0 Å². The van der Waals surface area contributed by atoms with Crippen molar-refractivity contribution < 1.29 is 4.92 Å². The number of nitro groups is 1. The van der Waals surface area contributed by atoms with Gasteiger partial charge in [0.05, 0.1) is 16.7 Å². The van der Waals surface area contributed by atoms with Crippen LogP contribution in [0.3, 0.4) is 0 Å². The Balaban J connectivity index is 1.80. The summed E-state index contributed by atoms with van der Waals surface area (Å²) in [5.41, 5.74) is 0.689. The molecule has 1 atom stereocenters. The summed E-state index contributed by atoms with van der Waals surface area (Å²) in [5, 5.41) is 18.8. The van der Waals surface area contributed by atoms with Crippen molar-refractivity contribution in [1.82, 2.24) is 19.2 Å². The summed E-state index contributed by atoms with van der Waals surface area (Å²) in [6.45, 7) is 1.85. The van der Waals surface area contributed by atoms with Crippen molar-refractivity contribution in [3.05, 3.63) is 93.2 Å². The molecule has 9 heteroatoms. The zero-order valence-corrected chi connectivity index (χ0v) is 14.9. The van der Waals surface area contributed by atoms with E-state index in [0.29, 0.717) is 5.65 Å². The summed E-state index contributed by atoms with van der Waals surface area (Å²) in [4.78, 5) is 27.7. The Kier molecular flexibility index (Phi) is 4.32.